The van der Waals surface area contributed by atoms with Crippen LogP contribution in [-0.4, -0.2) is 16.5 Å². The zero-order valence-corrected chi connectivity index (χ0v) is 13.9. The van der Waals surface area contributed by atoms with Crippen LogP contribution in [0, 0.1) is 24.4 Å². The predicted molar refractivity (Wildman–Crippen MR) is 93.5 cm³/mol. The number of hydrogen-bond acceptors (Lipinski definition) is 4. The molecule has 132 valence electrons. The van der Waals surface area contributed by atoms with E-state index < -0.39 is 17.5 Å². The Bertz CT molecular complexity index is 991. The van der Waals surface area contributed by atoms with Gasteiger partial charge in [0.05, 0.1) is 5.69 Å². The molecule has 0 fully saturated rings. The van der Waals surface area contributed by atoms with Crippen molar-refractivity contribution in [1.29, 1.82) is 0 Å². The maximum absolute atomic E-state index is 13.9. The first-order valence-corrected chi connectivity index (χ1v) is 8.14. The van der Waals surface area contributed by atoms with Crippen LogP contribution < -0.4 is 10.2 Å². The topological polar surface area (TPSA) is 41.1 Å². The van der Waals surface area contributed by atoms with Crippen LogP contribution >= 0.6 is 0 Å². The minimum absolute atomic E-state index is 0.185. The molecule has 2 aromatic carbocycles. The molecule has 0 aliphatic carbocycles. The molecule has 1 aliphatic rings. The summed E-state index contributed by atoms with van der Waals surface area (Å²) in [5, 5.41) is 2.71. The molecule has 4 nitrogen and oxygen atoms in total. The number of hydrogen-bond donors (Lipinski definition) is 1. The van der Waals surface area contributed by atoms with E-state index in [1.165, 1.54) is 5.56 Å². The van der Waals surface area contributed by atoms with Gasteiger partial charge in [-0.3, -0.25) is 0 Å². The van der Waals surface area contributed by atoms with Crippen molar-refractivity contribution >= 4 is 23.1 Å². The molecule has 1 aromatic heterocycles. The fourth-order valence-corrected chi connectivity index (χ4v) is 3.04. The predicted octanol–water partition coefficient (Wildman–Crippen LogP) is 4.64. The van der Waals surface area contributed by atoms with Gasteiger partial charge < -0.3 is 10.2 Å². The highest BCUT2D eigenvalue weighted by atomic mass is 19.2. The molecule has 0 saturated carbocycles. The van der Waals surface area contributed by atoms with E-state index >= 15 is 0 Å². The first kappa shape index (κ1) is 16.4. The monoisotopic (exact) mass is 356 g/mol. The Hall–Kier alpha value is -3.09. The van der Waals surface area contributed by atoms with Crippen LogP contribution in [0.2, 0.25) is 0 Å². The number of para-hydroxylation sites is 1. The van der Waals surface area contributed by atoms with E-state index in [1.54, 1.807) is 13.0 Å². The van der Waals surface area contributed by atoms with Crippen molar-refractivity contribution in [2.75, 3.05) is 16.8 Å². The van der Waals surface area contributed by atoms with E-state index in [2.05, 4.69) is 21.4 Å². The lowest BCUT2D eigenvalue weighted by Gasteiger charge is -2.19. The van der Waals surface area contributed by atoms with E-state index in [-0.39, 0.29) is 5.69 Å². The molecule has 0 radical (unpaired) electrons. The van der Waals surface area contributed by atoms with Gasteiger partial charge >= 0.3 is 0 Å². The van der Waals surface area contributed by atoms with E-state index in [0.29, 0.717) is 17.5 Å². The normalized spacial score (nSPS) is 13.0. The number of nitrogens with zero attached hydrogens (tertiary/aromatic N) is 3. The molecule has 4 rings (SSSR count). The highest BCUT2D eigenvalue weighted by Gasteiger charge is 2.23. The van der Waals surface area contributed by atoms with E-state index in [9.17, 15) is 13.2 Å². The summed E-state index contributed by atoms with van der Waals surface area (Å²) in [6.45, 7) is 2.53. The van der Waals surface area contributed by atoms with Crippen molar-refractivity contribution in [3.8, 4) is 0 Å². The fourth-order valence-electron chi connectivity index (χ4n) is 3.04. The van der Waals surface area contributed by atoms with Gasteiger partial charge in [0.1, 0.15) is 5.82 Å². The van der Waals surface area contributed by atoms with Crippen molar-refractivity contribution in [3.63, 3.8) is 0 Å². The van der Waals surface area contributed by atoms with Crippen LogP contribution in [0.15, 0.2) is 42.5 Å². The molecule has 1 aliphatic heterocycles. The van der Waals surface area contributed by atoms with Gasteiger partial charge in [0.15, 0.2) is 17.5 Å². The number of fused-ring (bicyclic) bond motifs is 1. The third kappa shape index (κ3) is 2.85. The number of rotatable bonds is 3. The molecular weight excluding hydrogens is 341 g/mol. The zero-order chi connectivity index (χ0) is 18.3. The molecule has 0 amide bonds. The van der Waals surface area contributed by atoms with Crippen LogP contribution in [0.1, 0.15) is 11.3 Å². The average molecular weight is 356 g/mol. The van der Waals surface area contributed by atoms with E-state index in [4.69, 9.17) is 0 Å². The molecule has 0 bridgehead atoms. The highest BCUT2D eigenvalue weighted by Crippen LogP contribution is 2.33. The van der Waals surface area contributed by atoms with Gasteiger partial charge in [-0.1, -0.05) is 18.2 Å². The van der Waals surface area contributed by atoms with Gasteiger partial charge in [-0.2, -0.15) is 4.98 Å². The second kappa shape index (κ2) is 6.33. The molecule has 0 spiro atoms. The third-order valence-corrected chi connectivity index (χ3v) is 4.27. The Morgan fingerprint density at radius 1 is 1.00 bits per heavy atom. The molecule has 0 unspecified atom stereocenters. The van der Waals surface area contributed by atoms with Crippen molar-refractivity contribution < 1.29 is 13.2 Å². The number of aromatic nitrogens is 2. The Balaban J connectivity index is 1.69. The first-order valence-electron chi connectivity index (χ1n) is 8.14. The SMILES string of the molecule is Cc1cc(Nc2ccc(F)c(F)c2F)nc(N2CCc3ccccc32)n1. The molecule has 0 saturated heterocycles. The molecule has 7 heteroatoms. The van der Waals surface area contributed by atoms with Crippen molar-refractivity contribution in [3.05, 3.63) is 71.2 Å². The van der Waals surface area contributed by atoms with Gasteiger partial charge in [-0.05, 0) is 37.1 Å². The van der Waals surface area contributed by atoms with E-state index in [1.807, 2.05) is 23.1 Å². The van der Waals surface area contributed by atoms with Crippen LogP contribution in [0.25, 0.3) is 0 Å². The quantitative estimate of drug-likeness (QED) is 0.694. The Morgan fingerprint density at radius 2 is 1.81 bits per heavy atom. The third-order valence-electron chi connectivity index (χ3n) is 4.27. The molecule has 0 atom stereocenters. The Morgan fingerprint density at radius 3 is 2.65 bits per heavy atom. The largest absolute Gasteiger partial charge is 0.338 e. The summed E-state index contributed by atoms with van der Waals surface area (Å²) in [5.74, 6) is -3.26. The highest BCUT2D eigenvalue weighted by molar-refractivity contribution is 5.67. The summed E-state index contributed by atoms with van der Waals surface area (Å²) in [6.07, 6.45) is 0.883. The van der Waals surface area contributed by atoms with Crippen LogP contribution in [-0.2, 0) is 6.42 Å². The first-order chi connectivity index (χ1) is 12.5. The molecule has 1 N–H and O–H groups in total. The van der Waals surface area contributed by atoms with Gasteiger partial charge in [0, 0.05) is 24.0 Å². The van der Waals surface area contributed by atoms with Crippen molar-refractivity contribution in [2.45, 2.75) is 13.3 Å². The van der Waals surface area contributed by atoms with Crippen LogP contribution in [0.5, 0.6) is 0 Å². The number of nitrogens with one attached hydrogen (secondary N) is 1. The lowest BCUT2D eigenvalue weighted by atomic mass is 10.2. The van der Waals surface area contributed by atoms with Gasteiger partial charge in [0.25, 0.3) is 0 Å². The molecule has 2 heterocycles. The molecule has 26 heavy (non-hydrogen) atoms. The van der Waals surface area contributed by atoms with Gasteiger partial charge in [0.2, 0.25) is 5.95 Å². The van der Waals surface area contributed by atoms with Gasteiger partial charge in [-0.15, -0.1) is 0 Å². The number of anilines is 4. The van der Waals surface area contributed by atoms with Crippen LogP contribution in [0.4, 0.5) is 36.3 Å². The fraction of sp³-hybridized carbons (Fsp3) is 0.158. The summed E-state index contributed by atoms with van der Waals surface area (Å²) in [4.78, 5) is 10.9. The molecule has 3 aromatic rings. The maximum atomic E-state index is 13.9. The minimum atomic E-state index is -1.52. The van der Waals surface area contributed by atoms with Crippen molar-refractivity contribution in [1.82, 2.24) is 9.97 Å². The Labute approximate surface area is 148 Å². The lowest BCUT2D eigenvalue weighted by molar-refractivity contribution is 0.449. The summed E-state index contributed by atoms with van der Waals surface area (Å²) < 4.78 is 40.4. The lowest BCUT2D eigenvalue weighted by Crippen LogP contribution is -2.17. The average Bonchev–Trinajstić information content (AvgIpc) is 3.06. The summed E-state index contributed by atoms with van der Waals surface area (Å²) in [6, 6.07) is 11.6. The number of benzene rings is 2. The van der Waals surface area contributed by atoms with Crippen LogP contribution in [0.3, 0.4) is 0 Å². The summed E-state index contributed by atoms with van der Waals surface area (Å²) in [5.41, 5.74) is 2.72. The van der Waals surface area contributed by atoms with Crippen molar-refractivity contribution in [2.24, 2.45) is 0 Å². The maximum Gasteiger partial charge on any atom is 0.232 e. The second-order valence-corrected chi connectivity index (χ2v) is 6.07. The smallest absolute Gasteiger partial charge is 0.232 e. The Kier molecular flexibility index (Phi) is 3.99. The molecular formula is C19H15F3N4. The van der Waals surface area contributed by atoms with Gasteiger partial charge in [-0.25, -0.2) is 18.2 Å². The zero-order valence-electron chi connectivity index (χ0n) is 13.9. The number of halogens is 3. The van der Waals surface area contributed by atoms with E-state index in [0.717, 1.165) is 30.8 Å². The second-order valence-electron chi connectivity index (χ2n) is 6.07. The number of aryl methyl sites for hydroxylation is 1. The standard InChI is InChI=1S/C19H15F3N4/c1-11-10-16(24-14-7-6-13(20)17(21)18(14)22)25-19(23-11)26-9-8-12-4-2-3-5-15(12)26/h2-7,10H,8-9H2,1H3,(H,23,24,25). The minimum Gasteiger partial charge on any atom is -0.338 e. The summed E-state index contributed by atoms with van der Waals surface area (Å²) >= 11 is 0. The summed E-state index contributed by atoms with van der Waals surface area (Å²) in [7, 11) is 0.